The van der Waals surface area contributed by atoms with E-state index in [-0.39, 0.29) is 17.8 Å². The molecule has 0 spiro atoms. The number of carbonyl (C=O) groups excluding carboxylic acids is 1. The Morgan fingerprint density at radius 1 is 1.07 bits per heavy atom. The van der Waals surface area contributed by atoms with Gasteiger partial charge < -0.3 is 19.5 Å². The number of para-hydroxylation sites is 1. The average molecular weight is 397 g/mol. The van der Waals surface area contributed by atoms with Crippen LogP contribution < -0.4 is 25.0 Å². The molecule has 29 heavy (non-hydrogen) atoms. The highest BCUT2D eigenvalue weighted by Crippen LogP contribution is 2.38. The number of nitrogens with one attached hydrogen (secondary N) is 1. The first-order valence-corrected chi connectivity index (χ1v) is 9.07. The maximum absolute atomic E-state index is 12.3. The zero-order chi connectivity index (χ0) is 20.8. The Morgan fingerprint density at radius 3 is 2.41 bits per heavy atom. The Balaban J connectivity index is 1.65. The van der Waals surface area contributed by atoms with Gasteiger partial charge in [0.25, 0.3) is 0 Å². The van der Waals surface area contributed by atoms with Crippen molar-refractivity contribution in [2.24, 2.45) is 0 Å². The molecular weight excluding hydrogens is 374 g/mol. The number of methoxy groups -OCH3 is 3. The van der Waals surface area contributed by atoms with Gasteiger partial charge in [-0.3, -0.25) is 14.3 Å². The molecule has 1 aromatic heterocycles. The van der Waals surface area contributed by atoms with Crippen molar-refractivity contribution < 1.29 is 19.0 Å². The molecule has 0 saturated carbocycles. The van der Waals surface area contributed by atoms with Crippen molar-refractivity contribution in [1.82, 2.24) is 15.1 Å². The monoisotopic (exact) mass is 397 g/mol. The van der Waals surface area contributed by atoms with Crippen LogP contribution in [-0.2, 0) is 17.9 Å². The van der Waals surface area contributed by atoms with Crippen LogP contribution in [0.5, 0.6) is 17.2 Å². The van der Waals surface area contributed by atoms with E-state index in [2.05, 4.69) is 10.4 Å². The summed E-state index contributed by atoms with van der Waals surface area (Å²) in [4.78, 5) is 24.2. The molecule has 3 aromatic rings. The molecule has 0 bridgehead atoms. The van der Waals surface area contributed by atoms with Gasteiger partial charge in [-0.05, 0) is 29.8 Å². The number of hydrogen-bond donors (Lipinski definition) is 1. The zero-order valence-electron chi connectivity index (χ0n) is 16.6. The van der Waals surface area contributed by atoms with Gasteiger partial charge in [-0.1, -0.05) is 12.1 Å². The van der Waals surface area contributed by atoms with E-state index in [0.29, 0.717) is 41.2 Å². The molecule has 0 saturated heterocycles. The SMILES string of the molecule is COc1cc(CNC(=O)CCn2ncc(=O)c3ccccc32)cc(OC)c1OC. The van der Waals surface area contributed by atoms with Crippen molar-refractivity contribution in [3.63, 3.8) is 0 Å². The predicted molar refractivity (Wildman–Crippen MR) is 109 cm³/mol. The lowest BCUT2D eigenvalue weighted by atomic mass is 10.1. The van der Waals surface area contributed by atoms with Gasteiger partial charge in [-0.2, -0.15) is 5.10 Å². The summed E-state index contributed by atoms with van der Waals surface area (Å²) in [6.45, 7) is 0.676. The zero-order valence-corrected chi connectivity index (χ0v) is 16.6. The molecule has 2 aromatic carbocycles. The van der Waals surface area contributed by atoms with E-state index in [0.717, 1.165) is 5.56 Å². The number of rotatable bonds is 8. The molecule has 1 amide bonds. The van der Waals surface area contributed by atoms with Crippen LogP contribution in [0.25, 0.3) is 10.9 Å². The minimum Gasteiger partial charge on any atom is -0.493 e. The van der Waals surface area contributed by atoms with Gasteiger partial charge in [-0.15, -0.1) is 0 Å². The summed E-state index contributed by atoms with van der Waals surface area (Å²) in [7, 11) is 4.62. The first-order chi connectivity index (χ1) is 14.1. The second-order valence-electron chi connectivity index (χ2n) is 6.31. The molecule has 8 heteroatoms. The van der Waals surface area contributed by atoms with Gasteiger partial charge in [0, 0.05) is 18.4 Å². The van der Waals surface area contributed by atoms with Crippen LogP contribution in [0.1, 0.15) is 12.0 Å². The largest absolute Gasteiger partial charge is 0.493 e. The van der Waals surface area contributed by atoms with Gasteiger partial charge in [0.2, 0.25) is 17.1 Å². The number of aryl methyl sites for hydroxylation is 1. The van der Waals surface area contributed by atoms with Gasteiger partial charge in [0.05, 0.1) is 39.6 Å². The first-order valence-electron chi connectivity index (χ1n) is 9.07. The summed E-state index contributed by atoms with van der Waals surface area (Å²) >= 11 is 0. The van der Waals surface area contributed by atoms with Crippen LogP contribution >= 0.6 is 0 Å². The molecule has 0 atom stereocenters. The van der Waals surface area contributed by atoms with Gasteiger partial charge in [0.15, 0.2) is 11.5 Å². The van der Waals surface area contributed by atoms with E-state index in [1.807, 2.05) is 12.1 Å². The standard InChI is InChI=1S/C21H23N3O5/c1-27-18-10-14(11-19(28-2)21(18)29-3)12-22-20(26)8-9-24-16-7-5-4-6-15(16)17(25)13-23-24/h4-7,10-11,13H,8-9,12H2,1-3H3,(H,22,26). The predicted octanol–water partition coefficient (Wildman–Crippen LogP) is 2.13. The van der Waals surface area contributed by atoms with E-state index in [4.69, 9.17) is 14.2 Å². The molecule has 0 aliphatic carbocycles. The highest BCUT2D eigenvalue weighted by molar-refractivity contribution is 5.79. The summed E-state index contributed by atoms with van der Waals surface area (Å²) in [5, 5.41) is 7.60. The Morgan fingerprint density at radius 2 is 1.76 bits per heavy atom. The lowest BCUT2D eigenvalue weighted by molar-refractivity contribution is -0.121. The average Bonchev–Trinajstić information content (AvgIpc) is 2.76. The molecular formula is C21H23N3O5. The third-order valence-electron chi connectivity index (χ3n) is 4.53. The van der Waals surface area contributed by atoms with Gasteiger partial charge >= 0.3 is 0 Å². The Hall–Kier alpha value is -3.55. The third-order valence-corrected chi connectivity index (χ3v) is 4.53. The fourth-order valence-corrected chi connectivity index (χ4v) is 3.07. The summed E-state index contributed by atoms with van der Waals surface area (Å²) < 4.78 is 17.6. The Labute approximate surface area is 168 Å². The summed E-state index contributed by atoms with van der Waals surface area (Å²) in [5.74, 6) is 1.42. The van der Waals surface area contributed by atoms with Crippen LogP contribution in [0.3, 0.4) is 0 Å². The number of fused-ring (bicyclic) bond motifs is 1. The van der Waals surface area contributed by atoms with Crippen molar-refractivity contribution in [1.29, 1.82) is 0 Å². The fourth-order valence-electron chi connectivity index (χ4n) is 3.07. The normalized spacial score (nSPS) is 10.6. The molecule has 1 N–H and O–H groups in total. The van der Waals surface area contributed by atoms with Crippen LogP contribution in [0.15, 0.2) is 47.4 Å². The van der Waals surface area contributed by atoms with Crippen LogP contribution in [0.2, 0.25) is 0 Å². The number of benzene rings is 2. The molecule has 0 aliphatic heterocycles. The van der Waals surface area contributed by atoms with Gasteiger partial charge in [-0.25, -0.2) is 0 Å². The smallest absolute Gasteiger partial charge is 0.222 e. The number of aromatic nitrogens is 2. The highest BCUT2D eigenvalue weighted by atomic mass is 16.5. The summed E-state index contributed by atoms with van der Waals surface area (Å²) in [6, 6.07) is 10.8. The first kappa shape index (κ1) is 20.2. The van der Waals surface area contributed by atoms with E-state index < -0.39 is 0 Å². The molecule has 1 heterocycles. The third kappa shape index (κ3) is 4.48. The minimum absolute atomic E-state index is 0.135. The number of ether oxygens (including phenoxy) is 3. The van der Waals surface area contributed by atoms with Gasteiger partial charge in [0.1, 0.15) is 0 Å². The molecule has 0 fully saturated rings. The lowest BCUT2D eigenvalue weighted by Gasteiger charge is -2.14. The Bertz CT molecular complexity index is 1050. The molecule has 8 nitrogen and oxygen atoms in total. The second-order valence-corrected chi connectivity index (χ2v) is 6.31. The van der Waals surface area contributed by atoms with Crippen molar-refractivity contribution in [2.75, 3.05) is 21.3 Å². The summed E-state index contributed by atoms with van der Waals surface area (Å²) in [5.41, 5.74) is 1.39. The highest BCUT2D eigenvalue weighted by Gasteiger charge is 2.14. The molecule has 0 aliphatic rings. The Kier molecular flexibility index (Phi) is 6.33. The number of carbonyl (C=O) groups is 1. The van der Waals surface area contributed by atoms with Crippen LogP contribution in [0.4, 0.5) is 0 Å². The number of nitrogens with zero attached hydrogens (tertiary/aromatic N) is 2. The van der Waals surface area contributed by atoms with Crippen molar-refractivity contribution in [2.45, 2.75) is 19.5 Å². The van der Waals surface area contributed by atoms with E-state index in [1.54, 1.807) is 43.2 Å². The minimum atomic E-state index is -0.136. The molecule has 3 rings (SSSR count). The van der Waals surface area contributed by atoms with Crippen molar-refractivity contribution >= 4 is 16.8 Å². The molecule has 0 unspecified atom stereocenters. The number of hydrogen-bond acceptors (Lipinski definition) is 6. The second kappa shape index (κ2) is 9.09. The topological polar surface area (TPSA) is 91.7 Å². The van der Waals surface area contributed by atoms with E-state index >= 15 is 0 Å². The van der Waals surface area contributed by atoms with E-state index in [1.165, 1.54) is 13.3 Å². The molecule has 152 valence electrons. The maximum Gasteiger partial charge on any atom is 0.222 e. The van der Waals surface area contributed by atoms with Crippen molar-refractivity contribution in [3.05, 3.63) is 58.4 Å². The van der Waals surface area contributed by atoms with Crippen molar-refractivity contribution in [3.8, 4) is 17.2 Å². The molecule has 0 radical (unpaired) electrons. The summed E-state index contributed by atoms with van der Waals surface area (Å²) in [6.07, 6.45) is 1.50. The quantitative estimate of drug-likeness (QED) is 0.626. The van der Waals surface area contributed by atoms with E-state index in [9.17, 15) is 9.59 Å². The maximum atomic E-state index is 12.3. The van der Waals surface area contributed by atoms with Crippen LogP contribution in [-0.4, -0.2) is 37.0 Å². The lowest BCUT2D eigenvalue weighted by Crippen LogP contribution is -2.25. The fraction of sp³-hybridized carbons (Fsp3) is 0.286. The van der Waals surface area contributed by atoms with Crippen LogP contribution in [0, 0.1) is 0 Å². The number of amides is 1.